The molecule has 4 aromatic rings. The topological polar surface area (TPSA) is 364 Å². The average Bonchev–Trinajstić information content (AvgIpc) is 3.08. The van der Waals surface area contributed by atoms with Crippen LogP contribution in [-0.2, 0) is 38.7 Å². The number of rotatable bonds is 0. The molecule has 0 amide bonds. The quantitative estimate of drug-likeness (QED) is 0.160. The largest absolute Gasteiger partial charge is 2.00 e. The van der Waals surface area contributed by atoms with E-state index in [2.05, 4.69) is 39.9 Å². The third-order valence-corrected chi connectivity index (χ3v) is 2.80. The minimum atomic E-state index is 0. The maximum atomic E-state index is 5.64. The molecule has 0 aliphatic carbocycles. The van der Waals surface area contributed by atoms with E-state index in [1.807, 2.05) is 0 Å². The van der Waals surface area contributed by atoms with Crippen LogP contribution in [-0.4, -0.2) is 51.8 Å². The van der Waals surface area contributed by atoms with Crippen LogP contribution in [0.2, 0.25) is 10.3 Å². The van der Waals surface area contributed by atoms with Gasteiger partial charge in [0.15, 0.2) is 0 Å². The van der Waals surface area contributed by atoms with Gasteiger partial charge in [-0.15, -0.1) is 0 Å². The molecule has 0 atom stereocenters. The van der Waals surface area contributed by atoms with Gasteiger partial charge in [0.2, 0.25) is 0 Å². The summed E-state index contributed by atoms with van der Waals surface area (Å²) in [4.78, 5) is 30.5. The van der Waals surface area contributed by atoms with Gasteiger partial charge >= 0.3 is 16.8 Å². The van der Waals surface area contributed by atoms with E-state index in [1.54, 1.807) is 0 Å². The molecule has 0 aromatic carbocycles. The predicted molar refractivity (Wildman–Crippen MR) is 105 cm³/mol. The third-order valence-electron chi connectivity index (χ3n) is 2.25. The number of hydrogen-bond acceptors (Lipinski definition) is 6. The number of imidazole rings is 2. The molecule has 4 rings (SSSR count). The SMILES string of the molecule is Clc1ncnc2[n-]cnc12.Clc1ncnc2nc[n-]c12.O.O.O.O.[Co+2].[OH3+].[OH3+].[OH3+].[OH3+]. The molecular weight excluding hydrogens is 490 g/mol. The maximum absolute atomic E-state index is 5.64. The van der Waals surface area contributed by atoms with Gasteiger partial charge in [0.1, 0.15) is 16.6 Å². The van der Waals surface area contributed by atoms with E-state index < -0.39 is 0 Å². The zero-order chi connectivity index (χ0) is 13.9. The van der Waals surface area contributed by atoms with E-state index in [0.717, 1.165) is 0 Å². The molecule has 4 aromatic heterocycles. The van der Waals surface area contributed by atoms with Crippen molar-refractivity contribution in [1.82, 2.24) is 39.9 Å². The summed E-state index contributed by atoms with van der Waals surface area (Å²) in [5.74, 6) is 0. The number of fused-ring (bicyclic) bond motifs is 2. The Morgan fingerprint density at radius 3 is 1.69 bits per heavy atom. The summed E-state index contributed by atoms with van der Waals surface area (Å²) >= 11 is 11.3. The van der Waals surface area contributed by atoms with Crippen molar-refractivity contribution in [3.05, 3.63) is 35.6 Å². The van der Waals surface area contributed by atoms with Crippen LogP contribution in [0.5, 0.6) is 0 Å². The Bertz CT molecular complexity index is 813. The van der Waals surface area contributed by atoms with Crippen molar-refractivity contribution in [2.24, 2.45) is 0 Å². The molecule has 0 bridgehead atoms. The first-order chi connectivity index (χ1) is 9.75. The van der Waals surface area contributed by atoms with Crippen molar-refractivity contribution in [1.29, 1.82) is 0 Å². The van der Waals surface area contributed by atoms with Crippen LogP contribution in [0.4, 0.5) is 0 Å². The molecule has 19 heteroatoms. The smallest absolute Gasteiger partial charge is 0.457 e. The first-order valence-electron chi connectivity index (χ1n) is 5.23. The van der Waals surface area contributed by atoms with Crippen LogP contribution < -0.4 is 9.97 Å². The molecule has 0 saturated carbocycles. The standard InChI is InChI=1S/2C5H2ClN4.Co.8H2O/c2*6-4-3-5(9-1-7-3)10-2-8-4;;;;;;;;;/h2*1-2H;;8*1H2/q2*-1;+2;;;;;;;;/p+4. The second-order valence-electron chi connectivity index (χ2n) is 3.42. The number of nitrogens with zero attached hydrogens (tertiary/aromatic N) is 8. The minimum Gasteiger partial charge on any atom is -0.457 e. The Morgan fingerprint density at radius 2 is 1.14 bits per heavy atom. The van der Waals surface area contributed by atoms with Crippen LogP contribution in [0, 0.1) is 0 Å². The van der Waals surface area contributed by atoms with Gasteiger partial charge in [-0.1, -0.05) is 29.5 Å². The zero-order valence-electron chi connectivity index (χ0n) is 14.3. The van der Waals surface area contributed by atoms with Crippen LogP contribution >= 0.6 is 23.2 Å². The van der Waals surface area contributed by atoms with Crippen LogP contribution in [0.3, 0.4) is 0 Å². The van der Waals surface area contributed by atoms with E-state index in [0.29, 0.717) is 32.6 Å². The van der Waals surface area contributed by atoms with Gasteiger partial charge < -0.3 is 68.7 Å². The molecule has 0 saturated heterocycles. The summed E-state index contributed by atoms with van der Waals surface area (Å²) < 4.78 is 0. The second kappa shape index (κ2) is 20.6. The molecule has 0 spiro atoms. The molecule has 0 aliphatic heterocycles. The van der Waals surface area contributed by atoms with Crippen molar-refractivity contribution in [2.45, 2.75) is 0 Å². The number of halogens is 2. The van der Waals surface area contributed by atoms with Crippen LogP contribution in [0.15, 0.2) is 25.3 Å². The Kier molecular flexibility index (Phi) is 32.3. The molecule has 4 heterocycles. The van der Waals surface area contributed by atoms with Crippen LogP contribution in [0.1, 0.15) is 0 Å². The Morgan fingerprint density at radius 1 is 0.621 bits per heavy atom. The average molecular weight is 514 g/mol. The summed E-state index contributed by atoms with van der Waals surface area (Å²) in [7, 11) is 0. The molecule has 1 radical (unpaired) electrons. The van der Waals surface area contributed by atoms with Crippen molar-refractivity contribution < 1.29 is 60.6 Å². The van der Waals surface area contributed by atoms with E-state index >= 15 is 0 Å². The summed E-state index contributed by atoms with van der Waals surface area (Å²) in [5, 5.41) is 0.699. The van der Waals surface area contributed by atoms with Crippen LogP contribution in [0.25, 0.3) is 22.3 Å². The summed E-state index contributed by atoms with van der Waals surface area (Å²) in [6.07, 6.45) is 5.54. The first-order valence-corrected chi connectivity index (χ1v) is 5.99. The van der Waals surface area contributed by atoms with Crippen molar-refractivity contribution in [3.8, 4) is 0 Å². The monoisotopic (exact) mass is 513 g/mol. The Labute approximate surface area is 181 Å². The fourth-order valence-electron chi connectivity index (χ4n) is 1.39. The molecular formula is C10H24Cl2CoN8O8+4. The third kappa shape index (κ3) is 10.3. The Balaban J connectivity index is -0.0000000509. The minimum absolute atomic E-state index is 0. The molecule has 0 unspecified atom stereocenters. The Hall–Kier alpha value is -2.13. The fourth-order valence-corrected chi connectivity index (χ4v) is 1.75. The van der Waals surface area contributed by atoms with Gasteiger partial charge in [-0.3, -0.25) is 0 Å². The fraction of sp³-hybridized carbons (Fsp3) is 0. The van der Waals surface area contributed by atoms with Gasteiger partial charge in [0.05, 0.1) is 5.65 Å². The van der Waals surface area contributed by atoms with E-state index in [1.165, 1.54) is 25.3 Å². The van der Waals surface area contributed by atoms with Crippen molar-refractivity contribution in [2.75, 3.05) is 0 Å². The van der Waals surface area contributed by atoms with Crippen molar-refractivity contribution in [3.63, 3.8) is 0 Å². The summed E-state index contributed by atoms with van der Waals surface area (Å²) in [6, 6.07) is 0. The molecule has 29 heavy (non-hydrogen) atoms. The molecule has 171 valence electrons. The summed E-state index contributed by atoms with van der Waals surface area (Å²) in [6.45, 7) is 0. The van der Waals surface area contributed by atoms with Gasteiger partial charge in [-0.25, -0.2) is 15.0 Å². The summed E-state index contributed by atoms with van der Waals surface area (Å²) in [5.41, 5.74) is 2.20. The molecule has 20 N–H and O–H groups in total. The van der Waals surface area contributed by atoms with Crippen molar-refractivity contribution >= 4 is 45.5 Å². The van der Waals surface area contributed by atoms with Gasteiger partial charge in [0.25, 0.3) is 0 Å². The molecule has 0 fully saturated rings. The predicted octanol–water partition coefficient (Wildman–Crippen LogP) is -5.72. The number of hydrogen-bond donors (Lipinski definition) is 0. The zero-order valence-corrected chi connectivity index (χ0v) is 16.8. The van der Waals surface area contributed by atoms with E-state index in [-0.39, 0.29) is 60.6 Å². The number of aromatic nitrogens is 8. The molecule has 16 nitrogen and oxygen atoms in total. The first kappa shape index (κ1) is 45.5. The second-order valence-corrected chi connectivity index (χ2v) is 4.14. The van der Waals surface area contributed by atoms with Gasteiger partial charge in [0, 0.05) is 23.0 Å². The molecule has 0 aliphatic rings. The normalized spacial score (nSPS) is 7.24. The van der Waals surface area contributed by atoms with Gasteiger partial charge in [-0.2, -0.15) is 0 Å². The van der Waals surface area contributed by atoms with Gasteiger partial charge in [-0.05, 0) is 6.33 Å². The maximum Gasteiger partial charge on any atom is 2.00 e. The van der Waals surface area contributed by atoms with E-state index in [9.17, 15) is 0 Å². The van der Waals surface area contributed by atoms with E-state index in [4.69, 9.17) is 23.2 Å².